The predicted octanol–water partition coefficient (Wildman–Crippen LogP) is 2.90. The topological polar surface area (TPSA) is 80.2 Å². The highest BCUT2D eigenvalue weighted by Gasteiger charge is 2.09. The number of para-hydroxylation sites is 1. The molecule has 4 rings (SSSR count). The largest absolute Gasteiger partial charge is 0.341 e. The molecule has 0 atom stereocenters. The highest BCUT2D eigenvalue weighted by atomic mass is 32.2. The normalized spacial score (nSPS) is 11.3. The average Bonchev–Trinajstić information content (AvgIpc) is 3.02. The molecule has 6 nitrogen and oxygen atoms in total. The van der Waals surface area contributed by atoms with Crippen LogP contribution in [0, 0.1) is 6.92 Å². The number of aromatic amines is 1. The van der Waals surface area contributed by atoms with E-state index in [0.29, 0.717) is 11.4 Å². The maximum Gasteiger partial charge on any atom is 0.181 e. The van der Waals surface area contributed by atoms with Crippen molar-refractivity contribution in [2.45, 2.75) is 17.7 Å². The lowest BCUT2D eigenvalue weighted by atomic mass is 10.2. The van der Waals surface area contributed by atoms with Crippen LogP contribution in [0.1, 0.15) is 11.5 Å². The Balaban J connectivity index is 1.65. The van der Waals surface area contributed by atoms with Gasteiger partial charge >= 0.3 is 0 Å². The lowest BCUT2D eigenvalue weighted by molar-refractivity contribution is 1.02. The first-order chi connectivity index (χ1) is 10.8. The Kier molecular flexibility index (Phi) is 3.19. The van der Waals surface area contributed by atoms with E-state index in [9.17, 15) is 0 Å². The Labute approximate surface area is 130 Å². The number of rotatable bonds is 3. The second-order valence-electron chi connectivity index (χ2n) is 4.81. The standard InChI is InChI=1S/C15H12N6S/c1-9-10-4-2-3-5-11(10)21-12(20-9)6-22-15-13-14(17-7-16-13)18-8-19-15/h2-5,7-8H,6H2,1H3,(H,16,17,18,19). The Morgan fingerprint density at radius 2 is 2.00 bits per heavy atom. The molecule has 22 heavy (non-hydrogen) atoms. The summed E-state index contributed by atoms with van der Waals surface area (Å²) in [4.78, 5) is 24.8. The fraction of sp³-hybridized carbons (Fsp3) is 0.133. The smallest absolute Gasteiger partial charge is 0.181 e. The van der Waals surface area contributed by atoms with E-state index in [1.165, 1.54) is 6.33 Å². The number of thioether (sulfide) groups is 1. The molecule has 0 aliphatic rings. The van der Waals surface area contributed by atoms with E-state index in [1.54, 1.807) is 18.1 Å². The lowest BCUT2D eigenvalue weighted by Crippen LogP contribution is -1.97. The van der Waals surface area contributed by atoms with Crippen molar-refractivity contribution in [1.29, 1.82) is 0 Å². The van der Waals surface area contributed by atoms with Crippen LogP contribution >= 0.6 is 11.8 Å². The molecule has 7 heteroatoms. The molecule has 0 aliphatic carbocycles. The number of hydrogen-bond acceptors (Lipinski definition) is 6. The van der Waals surface area contributed by atoms with Crippen LogP contribution in [0.2, 0.25) is 0 Å². The monoisotopic (exact) mass is 308 g/mol. The van der Waals surface area contributed by atoms with Crippen molar-refractivity contribution in [3.63, 3.8) is 0 Å². The van der Waals surface area contributed by atoms with Crippen molar-refractivity contribution < 1.29 is 0 Å². The minimum Gasteiger partial charge on any atom is -0.341 e. The molecule has 1 aromatic carbocycles. The third-order valence-electron chi connectivity index (χ3n) is 3.37. The molecule has 0 saturated heterocycles. The van der Waals surface area contributed by atoms with Gasteiger partial charge in [0, 0.05) is 11.1 Å². The Morgan fingerprint density at radius 1 is 1.09 bits per heavy atom. The Morgan fingerprint density at radius 3 is 2.95 bits per heavy atom. The van der Waals surface area contributed by atoms with Gasteiger partial charge in [0.1, 0.15) is 22.7 Å². The summed E-state index contributed by atoms with van der Waals surface area (Å²) < 4.78 is 0. The molecular formula is C15H12N6S. The van der Waals surface area contributed by atoms with Crippen molar-refractivity contribution in [3.05, 3.63) is 48.4 Å². The SMILES string of the molecule is Cc1nc(CSc2ncnc3nc[nH]c23)nc2ccccc12. The number of nitrogens with zero attached hydrogens (tertiary/aromatic N) is 5. The summed E-state index contributed by atoms with van der Waals surface area (Å²) in [6.07, 6.45) is 3.15. The lowest BCUT2D eigenvalue weighted by Gasteiger charge is -2.05. The molecule has 0 aliphatic heterocycles. The number of fused-ring (bicyclic) bond motifs is 2. The maximum absolute atomic E-state index is 4.62. The van der Waals surface area contributed by atoms with Crippen LogP contribution in [-0.4, -0.2) is 29.9 Å². The second kappa shape index (κ2) is 5.34. The van der Waals surface area contributed by atoms with Crippen molar-refractivity contribution in [3.8, 4) is 0 Å². The number of hydrogen-bond donors (Lipinski definition) is 1. The minimum atomic E-state index is 0.650. The molecule has 0 saturated carbocycles. The quantitative estimate of drug-likeness (QED) is 0.463. The Bertz CT molecular complexity index is 964. The van der Waals surface area contributed by atoms with Crippen LogP contribution in [-0.2, 0) is 5.75 Å². The van der Waals surface area contributed by atoms with Gasteiger partial charge in [-0.25, -0.2) is 24.9 Å². The highest BCUT2D eigenvalue weighted by Crippen LogP contribution is 2.25. The van der Waals surface area contributed by atoms with Crippen LogP contribution in [0.25, 0.3) is 22.1 Å². The van der Waals surface area contributed by atoms with Crippen molar-refractivity contribution in [2.75, 3.05) is 0 Å². The molecule has 0 radical (unpaired) electrons. The third kappa shape index (κ3) is 2.29. The van der Waals surface area contributed by atoms with Gasteiger partial charge in [-0.1, -0.05) is 30.0 Å². The summed E-state index contributed by atoms with van der Waals surface area (Å²) in [6, 6.07) is 8.04. The van der Waals surface area contributed by atoms with Gasteiger partial charge in [-0.3, -0.25) is 0 Å². The van der Waals surface area contributed by atoms with E-state index in [2.05, 4.69) is 29.9 Å². The minimum absolute atomic E-state index is 0.650. The summed E-state index contributed by atoms with van der Waals surface area (Å²) in [5.41, 5.74) is 3.49. The molecule has 0 spiro atoms. The van der Waals surface area contributed by atoms with Crippen molar-refractivity contribution in [2.24, 2.45) is 0 Å². The average molecular weight is 308 g/mol. The van der Waals surface area contributed by atoms with Gasteiger partial charge in [0.15, 0.2) is 5.65 Å². The fourth-order valence-electron chi connectivity index (χ4n) is 2.34. The summed E-state index contributed by atoms with van der Waals surface area (Å²) in [6.45, 7) is 2.01. The first-order valence-electron chi connectivity index (χ1n) is 6.80. The van der Waals surface area contributed by atoms with E-state index in [-0.39, 0.29) is 0 Å². The van der Waals surface area contributed by atoms with E-state index in [0.717, 1.165) is 33.0 Å². The summed E-state index contributed by atoms with van der Waals surface area (Å²) in [5.74, 6) is 1.45. The number of aryl methyl sites for hydroxylation is 1. The van der Waals surface area contributed by atoms with Crippen LogP contribution in [0.4, 0.5) is 0 Å². The molecule has 0 amide bonds. The number of nitrogens with one attached hydrogen (secondary N) is 1. The van der Waals surface area contributed by atoms with Crippen LogP contribution in [0.3, 0.4) is 0 Å². The molecule has 0 bridgehead atoms. The molecule has 1 N–H and O–H groups in total. The zero-order valence-corrected chi connectivity index (χ0v) is 12.6. The van der Waals surface area contributed by atoms with Gasteiger partial charge in [0.2, 0.25) is 0 Å². The van der Waals surface area contributed by atoms with Crippen LogP contribution < -0.4 is 0 Å². The predicted molar refractivity (Wildman–Crippen MR) is 85.5 cm³/mol. The molecule has 3 aromatic heterocycles. The first-order valence-corrected chi connectivity index (χ1v) is 7.79. The van der Waals surface area contributed by atoms with Crippen molar-refractivity contribution >= 4 is 33.8 Å². The summed E-state index contributed by atoms with van der Waals surface area (Å²) in [5, 5.41) is 1.95. The zero-order valence-electron chi connectivity index (χ0n) is 11.8. The summed E-state index contributed by atoms with van der Waals surface area (Å²) >= 11 is 1.58. The van der Waals surface area contributed by atoms with Gasteiger partial charge in [-0.2, -0.15) is 0 Å². The fourth-order valence-corrected chi connectivity index (χ4v) is 3.16. The first kappa shape index (κ1) is 13.1. The molecule has 108 valence electrons. The van der Waals surface area contributed by atoms with E-state index in [4.69, 9.17) is 0 Å². The Hall–Kier alpha value is -2.54. The third-order valence-corrected chi connectivity index (χ3v) is 4.35. The molecule has 0 unspecified atom stereocenters. The van der Waals surface area contributed by atoms with E-state index < -0.39 is 0 Å². The number of H-pyrrole nitrogens is 1. The van der Waals surface area contributed by atoms with Crippen LogP contribution in [0.15, 0.2) is 41.9 Å². The molecular weight excluding hydrogens is 296 g/mol. The van der Waals surface area contributed by atoms with Crippen molar-refractivity contribution in [1.82, 2.24) is 29.9 Å². The highest BCUT2D eigenvalue weighted by molar-refractivity contribution is 7.98. The summed E-state index contributed by atoms with van der Waals surface area (Å²) in [7, 11) is 0. The number of benzene rings is 1. The van der Waals surface area contributed by atoms with E-state index in [1.807, 2.05) is 31.2 Å². The number of imidazole rings is 1. The van der Waals surface area contributed by atoms with Gasteiger partial charge in [0.25, 0.3) is 0 Å². The second-order valence-corrected chi connectivity index (χ2v) is 5.78. The molecule has 3 heterocycles. The van der Waals surface area contributed by atoms with Gasteiger partial charge < -0.3 is 4.98 Å². The van der Waals surface area contributed by atoms with Gasteiger partial charge in [-0.05, 0) is 13.0 Å². The number of aromatic nitrogens is 6. The van der Waals surface area contributed by atoms with E-state index >= 15 is 0 Å². The maximum atomic E-state index is 4.62. The molecule has 0 fully saturated rings. The zero-order chi connectivity index (χ0) is 14.9. The molecule has 4 aromatic rings. The van der Waals surface area contributed by atoms with Gasteiger partial charge in [0.05, 0.1) is 17.6 Å². The van der Waals surface area contributed by atoms with Gasteiger partial charge in [-0.15, -0.1) is 0 Å². The van der Waals surface area contributed by atoms with Crippen LogP contribution in [0.5, 0.6) is 0 Å².